The molecule has 1 rings (SSSR count). The van der Waals surface area contributed by atoms with Crippen LogP contribution in [0.1, 0.15) is 37.2 Å². The third-order valence-electron chi connectivity index (χ3n) is 2.22. The van der Waals surface area contributed by atoms with Crippen LogP contribution in [-0.4, -0.2) is 26.7 Å². The third-order valence-corrected chi connectivity index (χ3v) is 2.22. The largest absolute Gasteiger partial charge is 0.396 e. The predicted molar refractivity (Wildman–Crippen MR) is 50.7 cm³/mol. The summed E-state index contributed by atoms with van der Waals surface area (Å²) < 4.78 is 26.6. The summed E-state index contributed by atoms with van der Waals surface area (Å²) in [6, 6.07) is 1.40. The highest BCUT2D eigenvalue weighted by atomic mass is 19.3. The highest BCUT2D eigenvalue weighted by molar-refractivity contribution is 5.16. The van der Waals surface area contributed by atoms with Crippen molar-refractivity contribution in [1.82, 2.24) is 15.0 Å². The van der Waals surface area contributed by atoms with E-state index in [1.165, 1.54) is 0 Å². The molecule has 1 atom stereocenters. The van der Waals surface area contributed by atoms with Gasteiger partial charge < -0.3 is 5.11 Å². The smallest absolute Gasteiger partial charge is 0.281 e. The zero-order valence-electron chi connectivity index (χ0n) is 8.77. The Bertz CT molecular complexity index is 385. The number of hydrogen-bond acceptors (Lipinski definition) is 4. The normalized spacial score (nSPS) is 12.8. The molecule has 16 heavy (non-hydrogen) atoms. The lowest BCUT2D eigenvalue weighted by atomic mass is 10.2. The van der Waals surface area contributed by atoms with E-state index in [1.54, 1.807) is 13.0 Å². The van der Waals surface area contributed by atoms with Crippen molar-refractivity contribution in [3.05, 3.63) is 11.4 Å². The van der Waals surface area contributed by atoms with Crippen LogP contribution in [0, 0.1) is 11.3 Å². The summed E-state index contributed by atoms with van der Waals surface area (Å²) in [4.78, 5) is 0. The second kappa shape index (κ2) is 5.51. The molecule has 0 saturated carbocycles. The zero-order chi connectivity index (χ0) is 12.1. The third kappa shape index (κ3) is 2.52. The summed E-state index contributed by atoms with van der Waals surface area (Å²) in [7, 11) is 0. The topological polar surface area (TPSA) is 74.7 Å². The van der Waals surface area contributed by atoms with Crippen molar-refractivity contribution in [3.63, 3.8) is 0 Å². The van der Waals surface area contributed by atoms with E-state index in [4.69, 9.17) is 10.4 Å². The molecule has 7 heteroatoms. The maximum atomic E-state index is 12.8. The molecule has 1 aromatic rings. The molecule has 0 aliphatic rings. The van der Waals surface area contributed by atoms with Gasteiger partial charge in [-0.25, -0.2) is 13.5 Å². The monoisotopic (exact) mass is 230 g/mol. The number of alkyl halides is 2. The SMILES string of the molecule is CC(CCO)n1nnc(CC#N)c1C(F)F. The average molecular weight is 230 g/mol. The van der Waals surface area contributed by atoms with E-state index < -0.39 is 6.43 Å². The fourth-order valence-corrected chi connectivity index (χ4v) is 1.40. The van der Waals surface area contributed by atoms with Gasteiger partial charge in [-0.2, -0.15) is 5.26 Å². The molecule has 1 unspecified atom stereocenters. The van der Waals surface area contributed by atoms with E-state index >= 15 is 0 Å². The lowest BCUT2D eigenvalue weighted by Crippen LogP contribution is -2.13. The summed E-state index contributed by atoms with van der Waals surface area (Å²) in [6.07, 6.45) is -2.60. The highest BCUT2D eigenvalue weighted by Crippen LogP contribution is 2.25. The van der Waals surface area contributed by atoms with Crippen LogP contribution in [0.2, 0.25) is 0 Å². The van der Waals surface area contributed by atoms with Gasteiger partial charge in [0.05, 0.1) is 18.5 Å². The van der Waals surface area contributed by atoms with Gasteiger partial charge in [0.25, 0.3) is 6.43 Å². The van der Waals surface area contributed by atoms with E-state index in [9.17, 15) is 8.78 Å². The van der Waals surface area contributed by atoms with Gasteiger partial charge in [0.15, 0.2) is 0 Å². The Morgan fingerprint density at radius 2 is 2.25 bits per heavy atom. The van der Waals surface area contributed by atoms with Crippen molar-refractivity contribution in [1.29, 1.82) is 5.26 Å². The lowest BCUT2D eigenvalue weighted by Gasteiger charge is -2.13. The average Bonchev–Trinajstić information content (AvgIpc) is 2.62. The molecule has 88 valence electrons. The first-order valence-electron chi connectivity index (χ1n) is 4.81. The van der Waals surface area contributed by atoms with E-state index in [-0.39, 0.29) is 30.5 Å². The highest BCUT2D eigenvalue weighted by Gasteiger charge is 2.23. The molecular weight excluding hydrogens is 218 g/mol. The molecule has 5 nitrogen and oxygen atoms in total. The predicted octanol–water partition coefficient (Wildman–Crippen LogP) is 1.23. The van der Waals surface area contributed by atoms with Gasteiger partial charge in [-0.15, -0.1) is 5.10 Å². The van der Waals surface area contributed by atoms with E-state index in [2.05, 4.69) is 10.3 Å². The Morgan fingerprint density at radius 3 is 2.75 bits per heavy atom. The van der Waals surface area contributed by atoms with Gasteiger partial charge in [0.1, 0.15) is 11.4 Å². The van der Waals surface area contributed by atoms with Crippen LogP contribution < -0.4 is 0 Å². The molecule has 0 aliphatic heterocycles. The van der Waals surface area contributed by atoms with Gasteiger partial charge in [0.2, 0.25) is 0 Å². The number of halogens is 2. The number of aliphatic hydroxyl groups excluding tert-OH is 1. The minimum Gasteiger partial charge on any atom is -0.396 e. The number of hydrogen-bond donors (Lipinski definition) is 1. The summed E-state index contributed by atoms with van der Waals surface area (Å²) in [5.41, 5.74) is -0.329. The van der Waals surface area contributed by atoms with Crippen molar-refractivity contribution in [2.45, 2.75) is 32.2 Å². The molecule has 1 heterocycles. The molecule has 1 aromatic heterocycles. The Labute approximate surface area is 91.3 Å². The van der Waals surface area contributed by atoms with Gasteiger partial charge in [-0.05, 0) is 13.3 Å². The van der Waals surface area contributed by atoms with Crippen molar-refractivity contribution in [3.8, 4) is 6.07 Å². The van der Waals surface area contributed by atoms with Gasteiger partial charge in [0, 0.05) is 6.61 Å². The second-order valence-electron chi connectivity index (χ2n) is 3.36. The first-order chi connectivity index (χ1) is 7.61. The van der Waals surface area contributed by atoms with Gasteiger partial charge in [-0.1, -0.05) is 5.21 Å². The Balaban J connectivity index is 3.05. The molecule has 0 saturated heterocycles. The number of nitriles is 1. The Kier molecular flexibility index (Phi) is 4.31. The Hall–Kier alpha value is -1.55. The van der Waals surface area contributed by atoms with Crippen molar-refractivity contribution >= 4 is 0 Å². The fourth-order valence-electron chi connectivity index (χ4n) is 1.40. The Morgan fingerprint density at radius 1 is 1.56 bits per heavy atom. The number of nitrogens with zero attached hydrogens (tertiary/aromatic N) is 4. The van der Waals surface area contributed by atoms with Gasteiger partial charge >= 0.3 is 0 Å². The van der Waals surface area contributed by atoms with Crippen molar-refractivity contribution in [2.24, 2.45) is 0 Å². The molecule has 0 radical (unpaired) electrons. The van der Waals surface area contributed by atoms with E-state index in [0.717, 1.165) is 4.68 Å². The second-order valence-corrected chi connectivity index (χ2v) is 3.36. The standard InChI is InChI=1S/C9H12F2N4O/c1-6(3-5-16)15-8(9(10)11)7(2-4-12)13-14-15/h6,9,16H,2-3,5H2,1H3. The first-order valence-corrected chi connectivity index (χ1v) is 4.81. The molecule has 0 aromatic carbocycles. The van der Waals surface area contributed by atoms with Crippen LogP contribution in [0.3, 0.4) is 0 Å². The minimum absolute atomic E-state index is 0.00212. The number of aromatic nitrogens is 3. The zero-order valence-corrected chi connectivity index (χ0v) is 8.77. The maximum absolute atomic E-state index is 12.8. The molecule has 0 aliphatic carbocycles. The fraction of sp³-hybridized carbons (Fsp3) is 0.667. The van der Waals surface area contributed by atoms with Crippen molar-refractivity contribution in [2.75, 3.05) is 6.61 Å². The first kappa shape index (κ1) is 12.5. The lowest BCUT2D eigenvalue weighted by molar-refractivity contribution is 0.133. The maximum Gasteiger partial charge on any atom is 0.281 e. The van der Waals surface area contributed by atoms with Crippen LogP contribution in [-0.2, 0) is 6.42 Å². The minimum atomic E-state index is -2.72. The van der Waals surface area contributed by atoms with E-state index in [0.29, 0.717) is 6.42 Å². The van der Waals surface area contributed by atoms with Crippen LogP contribution in [0.25, 0.3) is 0 Å². The molecule has 0 amide bonds. The van der Waals surface area contributed by atoms with E-state index in [1.807, 2.05) is 0 Å². The summed E-state index contributed by atoms with van der Waals surface area (Å²) in [6.45, 7) is 1.55. The summed E-state index contributed by atoms with van der Waals surface area (Å²) in [5, 5.41) is 24.4. The van der Waals surface area contributed by atoms with Crippen LogP contribution in [0.5, 0.6) is 0 Å². The quantitative estimate of drug-likeness (QED) is 0.825. The van der Waals surface area contributed by atoms with Crippen LogP contribution >= 0.6 is 0 Å². The molecule has 0 spiro atoms. The molecule has 1 N–H and O–H groups in total. The summed E-state index contributed by atoms with van der Waals surface area (Å²) >= 11 is 0. The van der Waals surface area contributed by atoms with Crippen LogP contribution in [0.4, 0.5) is 8.78 Å². The van der Waals surface area contributed by atoms with Gasteiger partial charge in [-0.3, -0.25) is 0 Å². The number of rotatable bonds is 5. The molecular formula is C9H12F2N4O. The molecule has 0 fully saturated rings. The van der Waals surface area contributed by atoms with Crippen molar-refractivity contribution < 1.29 is 13.9 Å². The summed E-state index contributed by atoms with van der Waals surface area (Å²) in [5.74, 6) is 0. The number of aliphatic hydroxyl groups is 1. The molecule has 0 bridgehead atoms. The van der Waals surface area contributed by atoms with Crippen LogP contribution in [0.15, 0.2) is 0 Å².